The minimum absolute atomic E-state index is 0.0251. The van der Waals surface area contributed by atoms with Gasteiger partial charge in [0.25, 0.3) is 11.8 Å². The van der Waals surface area contributed by atoms with Crippen LogP contribution in [-0.4, -0.2) is 75.9 Å². The quantitative estimate of drug-likeness (QED) is 0.131. The third-order valence-corrected chi connectivity index (χ3v) is 10.5. The van der Waals surface area contributed by atoms with Gasteiger partial charge in [-0.3, -0.25) is 14.4 Å². The average molecular weight is 678 g/mol. The molecule has 49 heavy (non-hydrogen) atoms. The van der Waals surface area contributed by atoms with Crippen molar-refractivity contribution in [1.82, 2.24) is 15.5 Å². The maximum absolute atomic E-state index is 14.2. The summed E-state index contributed by atoms with van der Waals surface area (Å²) in [5.41, 5.74) is 1.39. The minimum Gasteiger partial charge on any atom is -0.410 e. The summed E-state index contributed by atoms with van der Waals surface area (Å²) in [7, 11) is 0. The molecule has 1 unspecified atom stereocenters. The molecule has 6 rings (SSSR count). The number of benzene rings is 2. The van der Waals surface area contributed by atoms with E-state index in [1.54, 1.807) is 23.1 Å². The molecule has 2 saturated carbocycles. The second kappa shape index (κ2) is 12.9. The summed E-state index contributed by atoms with van der Waals surface area (Å²) in [6.45, 7) is 4.22. The van der Waals surface area contributed by atoms with Gasteiger partial charge in [-0.15, -0.1) is 0 Å². The summed E-state index contributed by atoms with van der Waals surface area (Å²) in [4.78, 5) is 55.9. The number of halogens is 2. The molecule has 1 heterocycles. The summed E-state index contributed by atoms with van der Waals surface area (Å²) in [5, 5.41) is 31.2. The van der Waals surface area contributed by atoms with E-state index in [2.05, 4.69) is 26.4 Å². The first-order chi connectivity index (χ1) is 23.2. The molecule has 4 aliphatic rings. The molecule has 0 bridgehead atoms. The molecule has 1 spiro atoms. The lowest BCUT2D eigenvalue weighted by atomic mass is 9.81. The summed E-state index contributed by atoms with van der Waals surface area (Å²) in [5.74, 6) is -5.44. The zero-order valence-electron chi connectivity index (χ0n) is 27.5. The van der Waals surface area contributed by atoms with Crippen LogP contribution < -0.4 is 21.3 Å². The van der Waals surface area contributed by atoms with E-state index >= 15 is 0 Å². The van der Waals surface area contributed by atoms with Crippen molar-refractivity contribution in [2.45, 2.75) is 82.7 Å². The molecule has 1 aliphatic heterocycles. The number of oxime groups is 1. The maximum atomic E-state index is 14.2. The molecule has 260 valence electrons. The van der Waals surface area contributed by atoms with Crippen LogP contribution in [0.25, 0.3) is 0 Å². The molecule has 0 radical (unpaired) electrons. The number of alkyl halides is 2. The zero-order valence-corrected chi connectivity index (χ0v) is 27.5. The highest BCUT2D eigenvalue weighted by atomic mass is 19.3. The SMILES string of the molecule is CC(=N)/C(=N\O)C(=O)N[C@H](C(=O)Nc1ccc2c(c1)CC(C(=O)Nc1ccc(C)cc1)(N1CC3(CC3)CNC1=O)C2)C1CCC(F)(F)CC1. The van der Waals surface area contributed by atoms with E-state index < -0.39 is 53.8 Å². The highest BCUT2D eigenvalue weighted by molar-refractivity contribution is 6.65. The number of fused-ring (bicyclic) bond motifs is 1. The van der Waals surface area contributed by atoms with Crippen LogP contribution in [-0.2, 0) is 27.2 Å². The fraction of sp³-hybridized carbons (Fsp3) is 0.486. The Labute approximate surface area is 282 Å². The number of carbonyl (C=O) groups is 4. The zero-order chi connectivity index (χ0) is 35.1. The highest BCUT2D eigenvalue weighted by Gasteiger charge is 2.57. The minimum atomic E-state index is -2.87. The van der Waals surface area contributed by atoms with Gasteiger partial charge in [-0.2, -0.15) is 0 Å². The normalized spacial score (nSPS) is 23.2. The predicted molar refractivity (Wildman–Crippen MR) is 178 cm³/mol. The van der Waals surface area contributed by atoms with Crippen LogP contribution in [0.5, 0.6) is 0 Å². The number of nitrogens with zero attached hydrogens (tertiary/aromatic N) is 2. The van der Waals surface area contributed by atoms with Crippen LogP contribution in [0.15, 0.2) is 47.6 Å². The predicted octanol–water partition coefficient (Wildman–Crippen LogP) is 4.40. The molecule has 2 aromatic rings. The largest absolute Gasteiger partial charge is 0.410 e. The topological polar surface area (TPSA) is 176 Å². The molecular formula is C35H41F2N7O5. The van der Waals surface area contributed by atoms with Gasteiger partial charge in [0.1, 0.15) is 11.6 Å². The lowest BCUT2D eigenvalue weighted by Crippen LogP contribution is -2.66. The van der Waals surface area contributed by atoms with E-state index in [-0.39, 0.29) is 48.7 Å². The molecule has 6 N–H and O–H groups in total. The molecule has 2 atom stereocenters. The standard InChI is InChI=1S/C35H41F2N7O5/c1-20-3-6-25(7-4-20)41-31(47)34(44-19-33(13-14-33)18-39-32(44)48)16-23-5-8-26(15-24(23)17-34)40-30(46)28(22-9-11-35(36,37)12-10-22)42-29(45)27(43-49)21(2)38/h3-8,15,22,28,38,49H,9-14,16-19H2,1-2H3,(H,39,48)(H,40,46)(H,41,47)(H,42,45)/b38-21?,43-27+/t28-,34?/m0/s1. The van der Waals surface area contributed by atoms with Crippen LogP contribution in [0.3, 0.4) is 0 Å². The summed E-state index contributed by atoms with van der Waals surface area (Å²) in [6, 6.07) is 11.1. The van der Waals surface area contributed by atoms with E-state index in [9.17, 15) is 33.2 Å². The third-order valence-electron chi connectivity index (χ3n) is 10.5. The molecular weight excluding hydrogens is 636 g/mol. The van der Waals surface area contributed by atoms with Gasteiger partial charge in [-0.25, -0.2) is 13.6 Å². The van der Waals surface area contributed by atoms with Crippen molar-refractivity contribution in [2.24, 2.45) is 16.5 Å². The van der Waals surface area contributed by atoms with Crippen LogP contribution in [0.4, 0.5) is 25.0 Å². The van der Waals surface area contributed by atoms with Gasteiger partial charge in [0.2, 0.25) is 11.8 Å². The summed E-state index contributed by atoms with van der Waals surface area (Å²) < 4.78 is 28.0. The number of hydrogen-bond acceptors (Lipinski definition) is 7. The van der Waals surface area contributed by atoms with Crippen molar-refractivity contribution in [3.05, 3.63) is 59.2 Å². The smallest absolute Gasteiger partial charge is 0.318 e. The van der Waals surface area contributed by atoms with E-state index in [0.29, 0.717) is 24.5 Å². The molecule has 3 fully saturated rings. The number of anilines is 2. The molecule has 0 aromatic heterocycles. The Morgan fingerprint density at radius 1 is 1.00 bits per heavy atom. The second-order valence-corrected chi connectivity index (χ2v) is 14.1. The van der Waals surface area contributed by atoms with E-state index in [4.69, 9.17) is 5.41 Å². The average Bonchev–Trinajstić information content (AvgIpc) is 3.70. The van der Waals surface area contributed by atoms with Crippen LogP contribution in [0.1, 0.15) is 62.1 Å². The summed E-state index contributed by atoms with van der Waals surface area (Å²) in [6.07, 6.45) is 1.44. The van der Waals surface area contributed by atoms with Gasteiger partial charge in [0, 0.05) is 55.6 Å². The first kappa shape index (κ1) is 34.0. The number of carbonyl (C=O) groups excluding carboxylic acids is 4. The van der Waals surface area contributed by atoms with Crippen molar-refractivity contribution in [1.29, 1.82) is 5.41 Å². The second-order valence-electron chi connectivity index (χ2n) is 14.1. The fourth-order valence-corrected chi connectivity index (χ4v) is 7.28. The van der Waals surface area contributed by atoms with Crippen molar-refractivity contribution in [3.8, 4) is 0 Å². The lowest BCUT2D eigenvalue weighted by molar-refractivity contribution is -0.127. The number of hydrogen-bond donors (Lipinski definition) is 6. The molecule has 14 heteroatoms. The van der Waals surface area contributed by atoms with Crippen molar-refractivity contribution >= 4 is 46.6 Å². The molecule has 12 nitrogen and oxygen atoms in total. The van der Waals surface area contributed by atoms with E-state index in [1.807, 2.05) is 31.2 Å². The van der Waals surface area contributed by atoms with Gasteiger partial charge >= 0.3 is 6.03 Å². The number of urea groups is 1. The van der Waals surface area contributed by atoms with Crippen LogP contribution >= 0.6 is 0 Å². The first-order valence-corrected chi connectivity index (χ1v) is 16.6. The number of aryl methyl sites for hydroxylation is 1. The Bertz CT molecular complexity index is 1710. The Morgan fingerprint density at radius 2 is 1.65 bits per heavy atom. The fourth-order valence-electron chi connectivity index (χ4n) is 7.28. The number of rotatable bonds is 9. The van der Waals surface area contributed by atoms with Crippen LogP contribution in [0.2, 0.25) is 0 Å². The van der Waals surface area contributed by atoms with Crippen molar-refractivity contribution in [3.63, 3.8) is 0 Å². The van der Waals surface area contributed by atoms with Crippen molar-refractivity contribution in [2.75, 3.05) is 23.7 Å². The number of amides is 5. The van der Waals surface area contributed by atoms with Crippen LogP contribution in [0, 0.1) is 23.7 Å². The van der Waals surface area contributed by atoms with Gasteiger partial charge in [0.05, 0.1) is 5.71 Å². The van der Waals surface area contributed by atoms with E-state index in [0.717, 1.165) is 29.5 Å². The highest BCUT2D eigenvalue weighted by Crippen LogP contribution is 2.50. The van der Waals surface area contributed by atoms with E-state index in [1.165, 1.54) is 6.92 Å². The molecule has 3 aliphatic carbocycles. The Morgan fingerprint density at radius 3 is 2.29 bits per heavy atom. The molecule has 5 amide bonds. The van der Waals surface area contributed by atoms with Crippen molar-refractivity contribution < 1.29 is 33.2 Å². The van der Waals surface area contributed by atoms with Gasteiger partial charge < -0.3 is 36.8 Å². The van der Waals surface area contributed by atoms with Gasteiger partial charge in [0.15, 0.2) is 5.71 Å². The van der Waals surface area contributed by atoms with Gasteiger partial charge in [-0.05, 0) is 80.8 Å². The Balaban J connectivity index is 1.25. The summed E-state index contributed by atoms with van der Waals surface area (Å²) >= 11 is 0. The third kappa shape index (κ3) is 6.99. The Hall–Kier alpha value is -4.88. The Kier molecular flexibility index (Phi) is 8.92. The lowest BCUT2D eigenvalue weighted by Gasteiger charge is -2.44. The van der Waals surface area contributed by atoms with Gasteiger partial charge in [-0.1, -0.05) is 28.9 Å². The number of nitrogens with one attached hydrogen (secondary N) is 5. The molecule has 2 aromatic carbocycles. The first-order valence-electron chi connectivity index (χ1n) is 16.6. The maximum Gasteiger partial charge on any atom is 0.318 e. The monoisotopic (exact) mass is 677 g/mol. The molecule has 1 saturated heterocycles.